The fraction of sp³-hybridized carbons (Fsp3) is 0.208. The molecule has 7 heteroatoms. The van der Waals surface area contributed by atoms with E-state index in [1.165, 1.54) is 7.05 Å². The molecule has 2 N–H and O–H groups in total. The van der Waals surface area contributed by atoms with Gasteiger partial charge in [-0.2, -0.15) is 0 Å². The number of carbonyl (C=O) groups excluding carboxylic acids is 3. The number of hydrogen-bond donors (Lipinski definition) is 2. The highest BCUT2D eigenvalue weighted by Crippen LogP contribution is 2.25. The van der Waals surface area contributed by atoms with Crippen LogP contribution in [0, 0.1) is 0 Å². The lowest BCUT2D eigenvalue weighted by molar-refractivity contribution is -0.148. The Morgan fingerprint density at radius 3 is 2.45 bits per heavy atom. The van der Waals surface area contributed by atoms with E-state index in [1.54, 1.807) is 38.3 Å². The quantitative estimate of drug-likeness (QED) is 0.571. The van der Waals surface area contributed by atoms with Gasteiger partial charge in [-0.3, -0.25) is 14.4 Å². The number of hydrogen-bond acceptors (Lipinski definition) is 5. The van der Waals surface area contributed by atoms with E-state index < -0.39 is 24.4 Å². The molecule has 0 aliphatic heterocycles. The van der Waals surface area contributed by atoms with Crippen LogP contribution < -0.4 is 15.4 Å². The summed E-state index contributed by atoms with van der Waals surface area (Å²) in [7, 11) is 3.14. The van der Waals surface area contributed by atoms with Gasteiger partial charge in [-0.05, 0) is 53.6 Å². The van der Waals surface area contributed by atoms with Crippen LogP contribution in [0.4, 0.5) is 5.69 Å². The van der Waals surface area contributed by atoms with Crippen molar-refractivity contribution in [3.63, 3.8) is 0 Å². The van der Waals surface area contributed by atoms with Crippen LogP contribution in [0.15, 0.2) is 60.7 Å². The molecule has 3 aromatic carbocycles. The van der Waals surface area contributed by atoms with Crippen molar-refractivity contribution < 1.29 is 23.9 Å². The van der Waals surface area contributed by atoms with Crippen molar-refractivity contribution in [3.8, 4) is 5.75 Å². The SMILES string of the molecule is CNC(=O)c1cccc(NC(=O)COC(=O)[C@@H](C)c2ccc3cc(OC)ccc3c2)c1. The summed E-state index contributed by atoms with van der Waals surface area (Å²) in [6, 6.07) is 17.9. The third kappa shape index (κ3) is 5.39. The van der Waals surface area contributed by atoms with Crippen molar-refractivity contribution in [1.82, 2.24) is 5.32 Å². The molecule has 1 atom stereocenters. The summed E-state index contributed by atoms with van der Waals surface area (Å²) < 4.78 is 10.4. The number of carbonyl (C=O) groups is 3. The molecule has 0 fully saturated rings. The monoisotopic (exact) mass is 420 g/mol. The average Bonchev–Trinajstić information content (AvgIpc) is 2.80. The molecule has 3 aromatic rings. The standard InChI is InChI=1S/C24H24N2O5/c1-15(16-7-8-18-13-21(30-3)10-9-17(18)11-16)24(29)31-14-22(27)26-20-6-4-5-19(12-20)23(28)25-2/h4-13,15H,14H2,1-3H3,(H,25,28)(H,26,27)/t15-/m0/s1. The molecular weight excluding hydrogens is 396 g/mol. The van der Waals surface area contributed by atoms with E-state index in [0.717, 1.165) is 22.1 Å². The van der Waals surface area contributed by atoms with E-state index >= 15 is 0 Å². The Kier molecular flexibility index (Phi) is 6.87. The molecule has 0 aliphatic rings. The van der Waals surface area contributed by atoms with E-state index in [1.807, 2.05) is 36.4 Å². The van der Waals surface area contributed by atoms with Gasteiger partial charge in [0, 0.05) is 18.3 Å². The zero-order chi connectivity index (χ0) is 22.4. The van der Waals surface area contributed by atoms with Crippen molar-refractivity contribution in [2.24, 2.45) is 0 Å². The van der Waals surface area contributed by atoms with Gasteiger partial charge in [0.15, 0.2) is 6.61 Å². The normalized spacial score (nSPS) is 11.5. The van der Waals surface area contributed by atoms with E-state index in [9.17, 15) is 14.4 Å². The van der Waals surface area contributed by atoms with Gasteiger partial charge in [0.1, 0.15) is 5.75 Å². The maximum atomic E-state index is 12.4. The molecule has 0 unspecified atom stereocenters. The van der Waals surface area contributed by atoms with Gasteiger partial charge >= 0.3 is 5.97 Å². The van der Waals surface area contributed by atoms with Gasteiger partial charge in [-0.25, -0.2) is 0 Å². The van der Waals surface area contributed by atoms with Crippen LogP contribution in [0.25, 0.3) is 10.8 Å². The summed E-state index contributed by atoms with van der Waals surface area (Å²) in [6.07, 6.45) is 0. The lowest BCUT2D eigenvalue weighted by atomic mass is 9.98. The van der Waals surface area contributed by atoms with Crippen LogP contribution in [0.2, 0.25) is 0 Å². The predicted molar refractivity (Wildman–Crippen MR) is 118 cm³/mol. The first-order chi connectivity index (χ1) is 14.9. The second-order valence-corrected chi connectivity index (χ2v) is 7.01. The van der Waals surface area contributed by atoms with E-state index in [-0.39, 0.29) is 5.91 Å². The highest BCUT2D eigenvalue weighted by atomic mass is 16.5. The molecule has 0 heterocycles. The Hall–Kier alpha value is -3.87. The fourth-order valence-electron chi connectivity index (χ4n) is 3.12. The molecular formula is C24H24N2O5. The first kappa shape index (κ1) is 21.8. The number of nitrogens with one attached hydrogen (secondary N) is 2. The second-order valence-electron chi connectivity index (χ2n) is 7.01. The number of fused-ring (bicyclic) bond motifs is 1. The number of esters is 1. The molecule has 7 nitrogen and oxygen atoms in total. The van der Waals surface area contributed by atoms with Crippen molar-refractivity contribution in [3.05, 3.63) is 71.8 Å². The van der Waals surface area contributed by atoms with Gasteiger partial charge in [0.2, 0.25) is 0 Å². The summed E-state index contributed by atoms with van der Waals surface area (Å²) in [5.74, 6) is -1.01. The van der Waals surface area contributed by atoms with Crippen LogP contribution in [0.3, 0.4) is 0 Å². The molecule has 0 saturated carbocycles. The Labute approximate surface area is 180 Å². The van der Waals surface area contributed by atoms with Gasteiger partial charge < -0.3 is 20.1 Å². The topological polar surface area (TPSA) is 93.7 Å². The van der Waals surface area contributed by atoms with E-state index in [0.29, 0.717) is 11.3 Å². The second kappa shape index (κ2) is 9.75. The van der Waals surface area contributed by atoms with Crippen molar-refractivity contribution in [1.29, 1.82) is 0 Å². The smallest absolute Gasteiger partial charge is 0.313 e. The van der Waals surface area contributed by atoms with Gasteiger partial charge in [0.05, 0.1) is 13.0 Å². The number of ether oxygens (including phenoxy) is 2. The summed E-state index contributed by atoms with van der Waals surface area (Å²) in [4.78, 5) is 36.3. The molecule has 0 aliphatic carbocycles. The third-order valence-corrected chi connectivity index (χ3v) is 4.91. The summed E-state index contributed by atoms with van der Waals surface area (Å²) in [5.41, 5.74) is 1.65. The van der Waals surface area contributed by atoms with Crippen LogP contribution in [0.1, 0.15) is 28.8 Å². The maximum Gasteiger partial charge on any atom is 0.313 e. The van der Waals surface area contributed by atoms with Gasteiger partial charge in [0.25, 0.3) is 11.8 Å². The Balaban J connectivity index is 1.59. The summed E-state index contributed by atoms with van der Waals surface area (Å²) in [5, 5.41) is 7.12. The van der Waals surface area contributed by atoms with Gasteiger partial charge in [-0.15, -0.1) is 0 Å². The molecule has 160 valence electrons. The molecule has 0 radical (unpaired) electrons. The minimum Gasteiger partial charge on any atom is -0.497 e. The summed E-state index contributed by atoms with van der Waals surface area (Å²) >= 11 is 0. The van der Waals surface area contributed by atoms with Crippen LogP contribution >= 0.6 is 0 Å². The number of methoxy groups -OCH3 is 1. The molecule has 0 spiro atoms. The van der Waals surface area contributed by atoms with Crippen LogP contribution in [0.5, 0.6) is 5.75 Å². The van der Waals surface area contributed by atoms with E-state index in [2.05, 4.69) is 10.6 Å². The Bertz CT molecular complexity index is 1130. The molecule has 31 heavy (non-hydrogen) atoms. The number of rotatable bonds is 7. The fourth-order valence-corrected chi connectivity index (χ4v) is 3.12. The number of benzene rings is 3. The van der Waals surface area contributed by atoms with Crippen molar-refractivity contribution >= 4 is 34.2 Å². The molecule has 0 aromatic heterocycles. The molecule has 0 bridgehead atoms. The van der Waals surface area contributed by atoms with Crippen molar-refractivity contribution in [2.45, 2.75) is 12.8 Å². The first-order valence-electron chi connectivity index (χ1n) is 9.77. The van der Waals surface area contributed by atoms with Crippen molar-refractivity contribution in [2.75, 3.05) is 26.1 Å². The number of amides is 2. The summed E-state index contributed by atoms with van der Waals surface area (Å²) in [6.45, 7) is 1.32. The first-order valence-corrected chi connectivity index (χ1v) is 9.77. The maximum absolute atomic E-state index is 12.4. The van der Waals surface area contributed by atoms with Crippen LogP contribution in [-0.4, -0.2) is 38.5 Å². The van der Waals surface area contributed by atoms with Gasteiger partial charge in [-0.1, -0.05) is 30.3 Å². The Morgan fingerprint density at radius 1 is 0.968 bits per heavy atom. The predicted octanol–water partition coefficient (Wildman–Crippen LogP) is 3.49. The highest BCUT2D eigenvalue weighted by Gasteiger charge is 2.19. The zero-order valence-corrected chi connectivity index (χ0v) is 17.6. The minimum absolute atomic E-state index is 0.259. The largest absolute Gasteiger partial charge is 0.497 e. The molecule has 3 rings (SSSR count). The Morgan fingerprint density at radius 2 is 1.71 bits per heavy atom. The average molecular weight is 420 g/mol. The van der Waals surface area contributed by atoms with Crippen LogP contribution in [-0.2, 0) is 14.3 Å². The zero-order valence-electron chi connectivity index (χ0n) is 17.6. The number of anilines is 1. The third-order valence-electron chi connectivity index (χ3n) is 4.91. The minimum atomic E-state index is -0.532. The lowest BCUT2D eigenvalue weighted by Crippen LogP contribution is -2.23. The molecule has 2 amide bonds. The highest BCUT2D eigenvalue weighted by molar-refractivity contribution is 5.97. The molecule has 0 saturated heterocycles. The van der Waals surface area contributed by atoms with E-state index in [4.69, 9.17) is 9.47 Å². The lowest BCUT2D eigenvalue weighted by Gasteiger charge is -2.13.